The van der Waals surface area contributed by atoms with Gasteiger partial charge in [-0.05, 0) is 41.0 Å². The highest BCUT2D eigenvalue weighted by atomic mass is 16.5. The van der Waals surface area contributed by atoms with Crippen LogP contribution in [0.3, 0.4) is 0 Å². The Bertz CT molecular complexity index is 851. The van der Waals surface area contributed by atoms with E-state index < -0.39 is 0 Å². The fourth-order valence-corrected chi connectivity index (χ4v) is 2.37. The SMILES string of the molecule is N#Cc1ccc(-c2cccc(N)c2)cc1OCc1ccccc1. The van der Waals surface area contributed by atoms with Crippen LogP contribution in [0.1, 0.15) is 11.1 Å². The first-order valence-corrected chi connectivity index (χ1v) is 7.33. The Morgan fingerprint density at radius 3 is 2.39 bits per heavy atom. The summed E-state index contributed by atoms with van der Waals surface area (Å²) in [5.74, 6) is 0.580. The second-order valence-corrected chi connectivity index (χ2v) is 5.22. The Balaban J connectivity index is 1.89. The van der Waals surface area contributed by atoms with Crippen LogP contribution >= 0.6 is 0 Å². The van der Waals surface area contributed by atoms with Crippen LogP contribution in [0.5, 0.6) is 5.75 Å². The van der Waals surface area contributed by atoms with Gasteiger partial charge in [0.25, 0.3) is 0 Å². The zero-order valence-corrected chi connectivity index (χ0v) is 12.6. The molecule has 3 aromatic carbocycles. The van der Waals surface area contributed by atoms with E-state index in [9.17, 15) is 5.26 Å². The van der Waals surface area contributed by atoms with E-state index in [-0.39, 0.29) is 0 Å². The number of nitrogens with zero attached hydrogens (tertiary/aromatic N) is 1. The van der Waals surface area contributed by atoms with Crippen molar-refractivity contribution in [3.63, 3.8) is 0 Å². The lowest BCUT2D eigenvalue weighted by Gasteiger charge is -2.10. The Hall–Kier alpha value is -3.25. The summed E-state index contributed by atoms with van der Waals surface area (Å²) in [6.45, 7) is 0.426. The van der Waals surface area contributed by atoms with Crippen LogP contribution in [0.2, 0.25) is 0 Å². The standard InChI is InChI=1S/C20H16N2O/c21-13-18-10-9-17(16-7-4-8-19(22)11-16)12-20(18)23-14-15-5-2-1-3-6-15/h1-12H,14,22H2. The normalized spacial score (nSPS) is 10.0. The summed E-state index contributed by atoms with van der Waals surface area (Å²) >= 11 is 0. The van der Waals surface area contributed by atoms with E-state index in [4.69, 9.17) is 10.5 Å². The van der Waals surface area contributed by atoms with Crippen molar-refractivity contribution in [1.82, 2.24) is 0 Å². The van der Waals surface area contributed by atoms with Crippen molar-refractivity contribution in [3.8, 4) is 22.9 Å². The zero-order chi connectivity index (χ0) is 16.1. The first-order chi connectivity index (χ1) is 11.3. The molecule has 0 saturated heterocycles. The molecule has 112 valence electrons. The molecule has 0 spiro atoms. The molecule has 0 bridgehead atoms. The molecular formula is C20H16N2O. The molecule has 0 heterocycles. The number of anilines is 1. The average molecular weight is 300 g/mol. The number of ether oxygens (including phenoxy) is 1. The monoisotopic (exact) mass is 300 g/mol. The smallest absolute Gasteiger partial charge is 0.138 e. The fraction of sp³-hybridized carbons (Fsp3) is 0.0500. The molecule has 0 aliphatic carbocycles. The molecule has 3 nitrogen and oxygen atoms in total. The fourth-order valence-electron chi connectivity index (χ4n) is 2.37. The molecule has 2 N–H and O–H groups in total. The third kappa shape index (κ3) is 3.50. The highest BCUT2D eigenvalue weighted by Crippen LogP contribution is 2.28. The molecule has 0 saturated carbocycles. The molecular weight excluding hydrogens is 284 g/mol. The van der Waals surface area contributed by atoms with Gasteiger partial charge in [0.05, 0.1) is 5.56 Å². The molecule has 0 aliphatic rings. The second kappa shape index (κ2) is 6.67. The molecule has 0 unspecified atom stereocenters. The van der Waals surface area contributed by atoms with E-state index in [1.54, 1.807) is 6.07 Å². The molecule has 0 aromatic heterocycles. The van der Waals surface area contributed by atoms with Crippen molar-refractivity contribution in [2.24, 2.45) is 0 Å². The van der Waals surface area contributed by atoms with Gasteiger partial charge in [-0.25, -0.2) is 0 Å². The van der Waals surface area contributed by atoms with E-state index in [0.717, 1.165) is 16.7 Å². The first kappa shape index (κ1) is 14.7. The highest BCUT2D eigenvalue weighted by Gasteiger charge is 2.07. The minimum Gasteiger partial charge on any atom is -0.488 e. The maximum absolute atomic E-state index is 9.27. The second-order valence-electron chi connectivity index (χ2n) is 5.22. The van der Waals surface area contributed by atoms with Gasteiger partial charge in [0.15, 0.2) is 0 Å². The van der Waals surface area contributed by atoms with Crippen LogP contribution in [0.4, 0.5) is 5.69 Å². The topological polar surface area (TPSA) is 59.0 Å². The van der Waals surface area contributed by atoms with Gasteiger partial charge in [0.1, 0.15) is 18.4 Å². The number of rotatable bonds is 4. The molecule has 0 fully saturated rings. The Morgan fingerprint density at radius 2 is 1.65 bits per heavy atom. The lowest BCUT2D eigenvalue weighted by molar-refractivity contribution is 0.305. The van der Waals surface area contributed by atoms with Crippen LogP contribution in [0, 0.1) is 11.3 Å². The van der Waals surface area contributed by atoms with Crippen LogP contribution < -0.4 is 10.5 Å². The minimum atomic E-state index is 0.426. The summed E-state index contributed by atoms with van der Waals surface area (Å²) in [4.78, 5) is 0. The van der Waals surface area contributed by atoms with Gasteiger partial charge in [-0.3, -0.25) is 0 Å². The van der Waals surface area contributed by atoms with E-state index in [0.29, 0.717) is 23.6 Å². The van der Waals surface area contributed by atoms with Crippen molar-refractivity contribution in [2.75, 3.05) is 5.73 Å². The quantitative estimate of drug-likeness (QED) is 0.727. The molecule has 23 heavy (non-hydrogen) atoms. The number of benzene rings is 3. The van der Waals surface area contributed by atoms with Crippen molar-refractivity contribution in [3.05, 3.63) is 83.9 Å². The summed E-state index contributed by atoms with van der Waals surface area (Å²) in [6.07, 6.45) is 0. The molecule has 0 atom stereocenters. The summed E-state index contributed by atoms with van der Waals surface area (Å²) in [5.41, 5.74) is 10.1. The van der Waals surface area contributed by atoms with E-state index in [1.807, 2.05) is 66.7 Å². The Kier molecular flexibility index (Phi) is 4.26. The van der Waals surface area contributed by atoms with Crippen molar-refractivity contribution < 1.29 is 4.74 Å². The van der Waals surface area contributed by atoms with Crippen LogP contribution in [-0.4, -0.2) is 0 Å². The van der Waals surface area contributed by atoms with Gasteiger partial charge in [-0.1, -0.05) is 48.5 Å². The third-order valence-electron chi connectivity index (χ3n) is 3.56. The van der Waals surface area contributed by atoms with Gasteiger partial charge in [0.2, 0.25) is 0 Å². The average Bonchev–Trinajstić information content (AvgIpc) is 2.60. The molecule has 3 aromatic rings. The van der Waals surface area contributed by atoms with Crippen molar-refractivity contribution >= 4 is 5.69 Å². The largest absolute Gasteiger partial charge is 0.488 e. The lowest BCUT2D eigenvalue weighted by Crippen LogP contribution is -1.97. The highest BCUT2D eigenvalue weighted by molar-refractivity contribution is 5.70. The molecule has 3 rings (SSSR count). The lowest BCUT2D eigenvalue weighted by atomic mass is 10.0. The number of nitriles is 1. The van der Waals surface area contributed by atoms with Gasteiger partial charge < -0.3 is 10.5 Å². The molecule has 0 radical (unpaired) electrons. The number of nitrogens with two attached hydrogens (primary N) is 1. The van der Waals surface area contributed by atoms with Gasteiger partial charge in [-0.2, -0.15) is 5.26 Å². The summed E-state index contributed by atoms with van der Waals surface area (Å²) < 4.78 is 5.85. The summed E-state index contributed by atoms with van der Waals surface area (Å²) in [6, 6.07) is 25.3. The van der Waals surface area contributed by atoms with Crippen LogP contribution in [-0.2, 0) is 6.61 Å². The van der Waals surface area contributed by atoms with Gasteiger partial charge in [-0.15, -0.1) is 0 Å². The zero-order valence-electron chi connectivity index (χ0n) is 12.6. The minimum absolute atomic E-state index is 0.426. The maximum Gasteiger partial charge on any atom is 0.138 e. The third-order valence-corrected chi connectivity index (χ3v) is 3.56. The van der Waals surface area contributed by atoms with Crippen molar-refractivity contribution in [1.29, 1.82) is 5.26 Å². The predicted molar refractivity (Wildman–Crippen MR) is 91.8 cm³/mol. The number of nitrogen functional groups attached to an aromatic ring is 1. The predicted octanol–water partition coefficient (Wildman–Crippen LogP) is 4.39. The molecule has 0 aliphatic heterocycles. The number of hydrogen-bond donors (Lipinski definition) is 1. The van der Waals surface area contributed by atoms with E-state index in [2.05, 4.69) is 6.07 Å². The van der Waals surface area contributed by atoms with Crippen LogP contribution in [0.15, 0.2) is 72.8 Å². The Morgan fingerprint density at radius 1 is 0.870 bits per heavy atom. The number of hydrogen-bond acceptors (Lipinski definition) is 3. The van der Waals surface area contributed by atoms with E-state index >= 15 is 0 Å². The van der Waals surface area contributed by atoms with Gasteiger partial charge in [0, 0.05) is 5.69 Å². The Labute approximate surface area is 135 Å². The van der Waals surface area contributed by atoms with Crippen LogP contribution in [0.25, 0.3) is 11.1 Å². The summed E-state index contributed by atoms with van der Waals surface area (Å²) in [5, 5.41) is 9.27. The van der Waals surface area contributed by atoms with E-state index in [1.165, 1.54) is 0 Å². The molecule has 0 amide bonds. The first-order valence-electron chi connectivity index (χ1n) is 7.33. The molecule has 3 heteroatoms. The summed E-state index contributed by atoms with van der Waals surface area (Å²) in [7, 11) is 0. The van der Waals surface area contributed by atoms with Gasteiger partial charge >= 0.3 is 0 Å². The van der Waals surface area contributed by atoms with Crippen molar-refractivity contribution in [2.45, 2.75) is 6.61 Å². The maximum atomic E-state index is 9.27.